The van der Waals surface area contributed by atoms with Gasteiger partial charge in [-0.1, -0.05) is 161 Å². The lowest BCUT2D eigenvalue weighted by Crippen LogP contribution is -2.48. The van der Waals surface area contributed by atoms with Crippen LogP contribution in [0.5, 0.6) is 11.5 Å². The predicted molar refractivity (Wildman–Crippen MR) is 198 cm³/mol. The number of benzene rings is 6. The van der Waals surface area contributed by atoms with Gasteiger partial charge in [-0.15, -0.1) is 0 Å². The van der Waals surface area contributed by atoms with Gasteiger partial charge in [0.2, 0.25) is 0 Å². The number of hydrogen-bond acceptors (Lipinski definition) is 6. The first-order valence-electron chi connectivity index (χ1n) is 16.7. The molecule has 2 aliphatic rings. The Balaban J connectivity index is 1.15. The fourth-order valence-corrected chi connectivity index (χ4v) is 7.44. The first-order valence-corrected chi connectivity index (χ1v) is 17.2. The van der Waals surface area contributed by atoms with Gasteiger partial charge in [0.05, 0.1) is 6.61 Å². The Kier molecular flexibility index (Phi) is 8.82. The largest absolute Gasteiger partial charge is 0.715 e. The van der Waals surface area contributed by atoms with Gasteiger partial charge in [-0.25, -0.2) is 0 Å². The molecule has 0 aliphatic carbocycles. The number of rotatable bonds is 9. The average Bonchev–Trinajstić information content (AvgIpc) is 3.74. The molecule has 2 atom stereocenters. The SMILES string of the molecule is Cc1cc(OB2OCC(P)(c3ccccc3)O2)ccc1OB1OC(c2ccccc2)(c2ccccc2)C(c2ccccc2)(c2ccccc2)O1. The molecule has 2 unspecified atom stereocenters. The van der Waals surface area contributed by atoms with Crippen molar-refractivity contribution in [2.45, 2.75) is 23.5 Å². The van der Waals surface area contributed by atoms with Gasteiger partial charge in [0, 0.05) is 0 Å². The molecule has 0 radical (unpaired) electrons. The van der Waals surface area contributed by atoms with E-state index in [1.807, 2.05) is 128 Å². The Morgan fingerprint density at radius 1 is 0.500 bits per heavy atom. The van der Waals surface area contributed by atoms with Gasteiger partial charge < -0.3 is 27.9 Å². The molecular weight excluding hydrogens is 641 g/mol. The van der Waals surface area contributed by atoms with Crippen LogP contribution < -0.4 is 9.31 Å². The van der Waals surface area contributed by atoms with Crippen molar-refractivity contribution >= 4 is 23.9 Å². The van der Waals surface area contributed by atoms with Crippen molar-refractivity contribution < 1.29 is 27.9 Å². The van der Waals surface area contributed by atoms with Crippen LogP contribution in [0.3, 0.4) is 0 Å². The summed E-state index contributed by atoms with van der Waals surface area (Å²) >= 11 is 0. The van der Waals surface area contributed by atoms with Crippen molar-refractivity contribution in [3.8, 4) is 11.5 Å². The maximum atomic E-state index is 7.19. The maximum Gasteiger partial charge on any atom is 0.715 e. The summed E-state index contributed by atoms with van der Waals surface area (Å²) in [5, 5.41) is -0.685. The molecular formula is C41H35B2O6P. The van der Waals surface area contributed by atoms with E-state index in [0.717, 1.165) is 33.4 Å². The van der Waals surface area contributed by atoms with Crippen molar-refractivity contribution in [3.63, 3.8) is 0 Å². The normalized spacial score (nSPS) is 19.3. The average molecular weight is 676 g/mol. The lowest BCUT2D eigenvalue weighted by atomic mass is 9.66. The fraction of sp³-hybridized carbons (Fsp3) is 0.122. The van der Waals surface area contributed by atoms with E-state index in [1.165, 1.54) is 0 Å². The summed E-state index contributed by atoms with van der Waals surface area (Å²) in [6, 6.07) is 56.5. The van der Waals surface area contributed by atoms with Gasteiger partial charge >= 0.3 is 14.6 Å². The van der Waals surface area contributed by atoms with Crippen molar-refractivity contribution in [1.29, 1.82) is 0 Å². The van der Waals surface area contributed by atoms with Crippen molar-refractivity contribution in [2.75, 3.05) is 6.61 Å². The van der Waals surface area contributed by atoms with Crippen LogP contribution in [0.4, 0.5) is 0 Å². The first kappa shape index (κ1) is 32.5. The highest BCUT2D eigenvalue weighted by Gasteiger charge is 2.67. The molecule has 8 rings (SSSR count). The molecule has 9 heteroatoms. The topological polar surface area (TPSA) is 55.4 Å². The molecule has 0 N–H and O–H groups in total. The van der Waals surface area contributed by atoms with Crippen LogP contribution in [-0.4, -0.2) is 21.2 Å². The Labute approximate surface area is 295 Å². The second-order valence-electron chi connectivity index (χ2n) is 12.5. The van der Waals surface area contributed by atoms with Crippen LogP contribution in [-0.2, 0) is 35.2 Å². The zero-order valence-electron chi connectivity index (χ0n) is 27.6. The molecule has 0 saturated carbocycles. The quantitative estimate of drug-likeness (QED) is 0.113. The first-order chi connectivity index (χ1) is 24.5. The minimum atomic E-state index is -1.14. The van der Waals surface area contributed by atoms with E-state index in [0.29, 0.717) is 18.1 Å². The molecule has 50 heavy (non-hydrogen) atoms. The van der Waals surface area contributed by atoms with Crippen LogP contribution in [0.1, 0.15) is 33.4 Å². The summed E-state index contributed by atoms with van der Waals surface area (Å²) in [7, 11) is 0.799. The molecule has 6 nitrogen and oxygen atoms in total. The molecule has 2 heterocycles. The van der Waals surface area contributed by atoms with Crippen LogP contribution >= 0.6 is 9.24 Å². The molecule has 6 aromatic rings. The molecule has 0 aromatic heterocycles. The predicted octanol–water partition coefficient (Wildman–Crippen LogP) is 8.43. The lowest BCUT2D eigenvalue weighted by Gasteiger charge is -2.45. The van der Waals surface area contributed by atoms with Crippen LogP contribution in [0.25, 0.3) is 0 Å². The van der Waals surface area contributed by atoms with Gasteiger partial charge in [0.15, 0.2) is 0 Å². The van der Waals surface area contributed by atoms with Crippen molar-refractivity contribution in [1.82, 2.24) is 0 Å². The third-order valence-corrected chi connectivity index (χ3v) is 10.0. The lowest BCUT2D eigenvalue weighted by molar-refractivity contribution is 0.00370. The highest BCUT2D eigenvalue weighted by molar-refractivity contribution is 7.18. The summed E-state index contributed by atoms with van der Waals surface area (Å²) < 4.78 is 39.2. The van der Waals surface area contributed by atoms with Gasteiger partial charge in [0.1, 0.15) is 28.0 Å². The standard InChI is InChI=1S/C41H35B2O6P/c1-31-29-37(45-42-44-30-39(50,47-42)32-17-7-2-8-18-32)27-28-38(31)46-43-48-40(33-19-9-3-10-20-33,34-21-11-4-12-22-34)41(49-43,35-23-13-5-14-24-35)36-25-15-6-16-26-36/h2-29H,30,50H2,1H3. The number of aryl methyl sites for hydroxylation is 1. The van der Waals surface area contributed by atoms with Gasteiger partial charge in [-0.2, -0.15) is 0 Å². The van der Waals surface area contributed by atoms with E-state index in [4.69, 9.17) is 27.9 Å². The summed E-state index contributed by atoms with van der Waals surface area (Å²) in [6.45, 7) is 2.30. The third kappa shape index (κ3) is 5.73. The van der Waals surface area contributed by atoms with Crippen LogP contribution in [0, 0.1) is 6.92 Å². The molecule has 2 fully saturated rings. The van der Waals surface area contributed by atoms with E-state index in [2.05, 4.69) is 57.8 Å². The Morgan fingerprint density at radius 2 is 0.920 bits per heavy atom. The highest BCUT2D eigenvalue weighted by Crippen LogP contribution is 2.59. The van der Waals surface area contributed by atoms with E-state index < -0.39 is 31.2 Å². The van der Waals surface area contributed by atoms with E-state index in [-0.39, 0.29) is 0 Å². The Bertz CT molecular complexity index is 1870. The molecule has 246 valence electrons. The second-order valence-corrected chi connectivity index (χ2v) is 13.4. The van der Waals surface area contributed by atoms with Crippen molar-refractivity contribution in [2.24, 2.45) is 0 Å². The molecule has 2 aliphatic heterocycles. The number of hydrogen-bond donors (Lipinski definition) is 0. The zero-order chi connectivity index (χ0) is 34.0. The van der Waals surface area contributed by atoms with Crippen LogP contribution in [0.15, 0.2) is 170 Å². The van der Waals surface area contributed by atoms with Crippen LogP contribution in [0.2, 0.25) is 0 Å². The molecule has 0 amide bonds. The molecule has 0 bridgehead atoms. The monoisotopic (exact) mass is 676 g/mol. The fourth-order valence-electron chi connectivity index (χ4n) is 7.04. The summed E-state index contributed by atoms with van der Waals surface area (Å²) in [5.74, 6) is 1.17. The third-order valence-electron chi connectivity index (χ3n) is 9.37. The summed E-state index contributed by atoms with van der Waals surface area (Å²) in [4.78, 5) is 0. The summed E-state index contributed by atoms with van der Waals surface area (Å²) in [6.07, 6.45) is 0. The molecule has 2 saturated heterocycles. The maximum absolute atomic E-state index is 7.19. The minimum Gasteiger partial charge on any atom is -0.512 e. The minimum absolute atomic E-state index is 0.345. The second kappa shape index (κ2) is 13.6. The van der Waals surface area contributed by atoms with E-state index >= 15 is 0 Å². The van der Waals surface area contributed by atoms with Crippen molar-refractivity contribution in [3.05, 3.63) is 203 Å². The van der Waals surface area contributed by atoms with E-state index in [1.54, 1.807) is 0 Å². The zero-order valence-corrected chi connectivity index (χ0v) is 28.7. The van der Waals surface area contributed by atoms with E-state index in [9.17, 15) is 0 Å². The molecule has 6 aromatic carbocycles. The highest BCUT2D eigenvalue weighted by atomic mass is 31.0. The van der Waals surface area contributed by atoms with Gasteiger partial charge in [-0.3, -0.25) is 0 Å². The smallest absolute Gasteiger partial charge is 0.512 e. The van der Waals surface area contributed by atoms with Gasteiger partial charge in [-0.05, 0) is 58.5 Å². The summed E-state index contributed by atoms with van der Waals surface area (Å²) in [5.41, 5.74) is 3.28. The van der Waals surface area contributed by atoms with Gasteiger partial charge in [0.25, 0.3) is 0 Å². The Morgan fingerprint density at radius 3 is 1.34 bits per heavy atom. The Hall–Kier alpha value is -4.68. The molecule has 0 spiro atoms.